The fourth-order valence-electron chi connectivity index (χ4n) is 2.84. The predicted octanol–water partition coefficient (Wildman–Crippen LogP) is 4.53. The number of aromatic nitrogens is 2. The predicted molar refractivity (Wildman–Crippen MR) is 99.0 cm³/mol. The van der Waals surface area contributed by atoms with Gasteiger partial charge in [0.2, 0.25) is 0 Å². The van der Waals surface area contributed by atoms with Crippen LogP contribution in [0.25, 0.3) is 10.8 Å². The van der Waals surface area contributed by atoms with Gasteiger partial charge in [-0.2, -0.15) is 0 Å². The molecule has 0 spiro atoms. The van der Waals surface area contributed by atoms with Gasteiger partial charge in [0.15, 0.2) is 5.67 Å². The summed E-state index contributed by atoms with van der Waals surface area (Å²) in [4.78, 5) is 8.43. The van der Waals surface area contributed by atoms with E-state index < -0.39 is 5.67 Å². The van der Waals surface area contributed by atoms with Crippen LogP contribution in [-0.2, 0) is 4.74 Å². The summed E-state index contributed by atoms with van der Waals surface area (Å²) in [7, 11) is 0. The number of hydrogen-bond donors (Lipinski definition) is 1. The van der Waals surface area contributed by atoms with Crippen LogP contribution in [0.3, 0.4) is 0 Å². The Labute approximate surface area is 155 Å². The molecule has 1 fully saturated rings. The third-order valence-electron chi connectivity index (χ3n) is 4.28. The number of alkyl halides is 1. The van der Waals surface area contributed by atoms with E-state index in [4.69, 9.17) is 21.1 Å². The van der Waals surface area contributed by atoms with E-state index in [1.54, 1.807) is 18.5 Å². The average Bonchev–Trinajstić information content (AvgIpc) is 3.09. The minimum atomic E-state index is -1.40. The first-order valence-electron chi connectivity index (χ1n) is 8.28. The van der Waals surface area contributed by atoms with Gasteiger partial charge in [0.1, 0.15) is 23.3 Å². The molecule has 0 amide bonds. The summed E-state index contributed by atoms with van der Waals surface area (Å²) >= 11 is 5.81. The van der Waals surface area contributed by atoms with Crippen LogP contribution in [0.15, 0.2) is 48.8 Å². The Hall–Kier alpha value is -2.44. The molecular formula is C19H17ClFN3O2. The molecule has 1 aliphatic heterocycles. The molecule has 1 unspecified atom stereocenters. The monoisotopic (exact) mass is 373 g/mol. The maximum Gasteiger partial charge on any atom is 0.170 e. The summed E-state index contributed by atoms with van der Waals surface area (Å²) in [5.74, 6) is 1.32. The van der Waals surface area contributed by atoms with Gasteiger partial charge in [0.05, 0.1) is 18.5 Å². The minimum absolute atomic E-state index is 0.00879. The van der Waals surface area contributed by atoms with Crippen molar-refractivity contribution < 1.29 is 13.9 Å². The van der Waals surface area contributed by atoms with Crippen LogP contribution < -0.4 is 10.1 Å². The molecule has 3 aromatic rings. The highest BCUT2D eigenvalue weighted by molar-refractivity contribution is 6.29. The van der Waals surface area contributed by atoms with Gasteiger partial charge in [-0.3, -0.25) is 0 Å². The van der Waals surface area contributed by atoms with Crippen molar-refractivity contribution in [3.8, 4) is 5.75 Å². The molecule has 7 heteroatoms. The second kappa shape index (κ2) is 7.05. The Morgan fingerprint density at radius 2 is 2.15 bits per heavy atom. The van der Waals surface area contributed by atoms with Gasteiger partial charge in [0, 0.05) is 24.6 Å². The lowest BCUT2D eigenvalue weighted by atomic mass is 10.1. The van der Waals surface area contributed by atoms with E-state index >= 15 is 0 Å². The first kappa shape index (κ1) is 17.0. The highest BCUT2D eigenvalue weighted by atomic mass is 35.5. The first-order valence-corrected chi connectivity index (χ1v) is 8.66. The number of anilines is 2. The molecule has 1 N–H and O–H groups in total. The van der Waals surface area contributed by atoms with Crippen molar-refractivity contribution in [2.45, 2.75) is 12.1 Å². The normalized spacial score (nSPS) is 19.6. The second-order valence-corrected chi connectivity index (χ2v) is 6.67. The van der Waals surface area contributed by atoms with Crippen molar-refractivity contribution in [3.05, 3.63) is 53.9 Å². The molecule has 4 rings (SSSR count). The lowest BCUT2D eigenvalue weighted by Crippen LogP contribution is -2.31. The van der Waals surface area contributed by atoms with Crippen molar-refractivity contribution in [3.63, 3.8) is 0 Å². The molecule has 1 atom stereocenters. The van der Waals surface area contributed by atoms with Gasteiger partial charge in [-0.25, -0.2) is 14.4 Å². The topological polar surface area (TPSA) is 56.3 Å². The van der Waals surface area contributed by atoms with Crippen LogP contribution in [0.1, 0.15) is 6.42 Å². The largest absolute Gasteiger partial charge is 0.490 e. The molecule has 0 bridgehead atoms. The number of benzene rings is 1. The third kappa shape index (κ3) is 3.71. The average molecular weight is 374 g/mol. The number of nitrogens with one attached hydrogen (secondary N) is 1. The number of pyridine rings is 2. The van der Waals surface area contributed by atoms with E-state index in [1.807, 2.05) is 30.3 Å². The van der Waals surface area contributed by atoms with Gasteiger partial charge in [0.25, 0.3) is 0 Å². The number of nitrogens with zero attached hydrogens (tertiary/aromatic N) is 2. The van der Waals surface area contributed by atoms with E-state index in [2.05, 4.69) is 15.3 Å². The molecular weight excluding hydrogens is 357 g/mol. The Morgan fingerprint density at radius 1 is 1.23 bits per heavy atom. The molecule has 3 heterocycles. The summed E-state index contributed by atoms with van der Waals surface area (Å²) in [5.41, 5.74) is -0.614. The lowest BCUT2D eigenvalue weighted by molar-refractivity contribution is 0.0644. The molecule has 26 heavy (non-hydrogen) atoms. The maximum atomic E-state index is 14.4. The number of hydrogen-bond acceptors (Lipinski definition) is 5. The van der Waals surface area contributed by atoms with Crippen LogP contribution in [-0.4, -0.2) is 35.5 Å². The minimum Gasteiger partial charge on any atom is -0.490 e. The molecule has 0 aliphatic carbocycles. The van der Waals surface area contributed by atoms with Gasteiger partial charge in [-0.1, -0.05) is 11.6 Å². The zero-order valence-corrected chi connectivity index (χ0v) is 14.7. The van der Waals surface area contributed by atoms with Crippen molar-refractivity contribution >= 4 is 33.9 Å². The van der Waals surface area contributed by atoms with Crippen LogP contribution in [0.4, 0.5) is 15.9 Å². The first-order chi connectivity index (χ1) is 12.6. The quantitative estimate of drug-likeness (QED) is 0.666. The Morgan fingerprint density at radius 3 is 2.92 bits per heavy atom. The molecule has 1 aliphatic rings. The second-order valence-electron chi connectivity index (χ2n) is 6.28. The Balaban J connectivity index is 1.54. The van der Waals surface area contributed by atoms with Gasteiger partial charge < -0.3 is 14.8 Å². The molecule has 1 aromatic carbocycles. The summed E-state index contributed by atoms with van der Waals surface area (Å²) in [5, 5.41) is 5.53. The molecule has 134 valence electrons. The van der Waals surface area contributed by atoms with E-state index in [0.717, 1.165) is 16.5 Å². The Kier molecular flexibility index (Phi) is 4.61. The summed E-state index contributed by atoms with van der Waals surface area (Å²) in [6.07, 6.45) is 3.72. The van der Waals surface area contributed by atoms with E-state index in [9.17, 15) is 4.39 Å². The summed E-state index contributed by atoms with van der Waals surface area (Å²) < 4.78 is 25.1. The number of fused-ring (bicyclic) bond motifs is 1. The zero-order chi connectivity index (χ0) is 18.0. The van der Waals surface area contributed by atoms with Gasteiger partial charge in [-0.15, -0.1) is 0 Å². The molecule has 1 saturated heterocycles. The zero-order valence-electron chi connectivity index (χ0n) is 13.9. The van der Waals surface area contributed by atoms with E-state index in [0.29, 0.717) is 29.7 Å². The van der Waals surface area contributed by atoms with Gasteiger partial charge >= 0.3 is 0 Å². The van der Waals surface area contributed by atoms with E-state index in [-0.39, 0.29) is 13.2 Å². The molecule has 0 radical (unpaired) electrons. The van der Waals surface area contributed by atoms with E-state index in [1.165, 1.54) is 0 Å². The molecule has 5 nitrogen and oxygen atoms in total. The number of ether oxygens (including phenoxy) is 2. The van der Waals surface area contributed by atoms with Crippen molar-refractivity contribution in [2.75, 3.05) is 25.1 Å². The highest BCUT2D eigenvalue weighted by Gasteiger charge is 2.35. The molecule has 2 aromatic heterocycles. The Bertz CT molecular complexity index is 914. The van der Waals surface area contributed by atoms with Crippen molar-refractivity contribution in [1.29, 1.82) is 0 Å². The fraction of sp³-hybridized carbons (Fsp3) is 0.263. The third-order valence-corrected chi connectivity index (χ3v) is 4.50. The summed E-state index contributed by atoms with van der Waals surface area (Å²) in [6, 6.07) is 11.0. The lowest BCUT2D eigenvalue weighted by Gasteiger charge is -2.18. The van der Waals surface area contributed by atoms with Crippen molar-refractivity contribution in [2.24, 2.45) is 0 Å². The van der Waals surface area contributed by atoms with Gasteiger partial charge in [-0.05, 0) is 41.8 Å². The van der Waals surface area contributed by atoms with Crippen LogP contribution in [0.2, 0.25) is 5.15 Å². The van der Waals surface area contributed by atoms with Crippen LogP contribution in [0.5, 0.6) is 5.75 Å². The maximum absolute atomic E-state index is 14.4. The SMILES string of the molecule is FC1(COc2ccc3c(Nc4ccc(Cl)nc4)nccc3c2)CCOC1. The number of halogens is 2. The number of rotatable bonds is 5. The van der Waals surface area contributed by atoms with Crippen molar-refractivity contribution in [1.82, 2.24) is 9.97 Å². The standard InChI is InChI=1S/C19H17ClFN3O2/c20-17-4-1-14(10-23-17)24-18-16-3-2-15(9-13(16)5-7-22-18)26-12-19(21)6-8-25-11-19/h1-5,7,9-10H,6,8,11-12H2,(H,22,24). The summed E-state index contributed by atoms with van der Waals surface area (Å²) in [6.45, 7) is 0.524. The van der Waals surface area contributed by atoms with Crippen LogP contribution >= 0.6 is 11.6 Å². The van der Waals surface area contributed by atoms with Crippen LogP contribution in [0, 0.1) is 0 Å². The highest BCUT2D eigenvalue weighted by Crippen LogP contribution is 2.29. The fourth-order valence-corrected chi connectivity index (χ4v) is 2.95. The molecule has 0 saturated carbocycles. The smallest absolute Gasteiger partial charge is 0.170 e.